The van der Waals surface area contributed by atoms with Crippen LogP contribution in [0.2, 0.25) is 0 Å². The van der Waals surface area contributed by atoms with E-state index >= 15 is 0 Å². The summed E-state index contributed by atoms with van der Waals surface area (Å²) in [5.41, 5.74) is 1.85. The molecule has 2 aromatic heterocycles. The molecule has 122 valence electrons. The number of furan rings is 1. The van der Waals surface area contributed by atoms with Crippen LogP contribution in [0.3, 0.4) is 0 Å². The largest absolute Gasteiger partial charge is 0.467 e. The van der Waals surface area contributed by atoms with Gasteiger partial charge in [-0.25, -0.2) is 4.68 Å². The Labute approximate surface area is 140 Å². The van der Waals surface area contributed by atoms with Crippen LogP contribution in [0.1, 0.15) is 24.3 Å². The number of benzene rings is 1. The number of hydrogen-bond donors (Lipinski definition) is 0. The number of carbonyl (C=O) groups is 1. The van der Waals surface area contributed by atoms with Crippen molar-refractivity contribution >= 4 is 12.0 Å². The van der Waals surface area contributed by atoms with Crippen molar-refractivity contribution in [1.29, 1.82) is 0 Å². The summed E-state index contributed by atoms with van der Waals surface area (Å²) in [5.74, 6) is 0.669. The first-order chi connectivity index (χ1) is 11.6. The van der Waals surface area contributed by atoms with Gasteiger partial charge in [0.2, 0.25) is 5.91 Å². The molecule has 5 nitrogen and oxygen atoms in total. The van der Waals surface area contributed by atoms with Gasteiger partial charge in [-0.3, -0.25) is 4.79 Å². The van der Waals surface area contributed by atoms with Crippen LogP contribution in [0.25, 0.3) is 11.8 Å². The first-order valence-corrected chi connectivity index (χ1v) is 7.73. The molecule has 0 saturated carbocycles. The van der Waals surface area contributed by atoms with Crippen LogP contribution in [-0.2, 0) is 4.79 Å². The average Bonchev–Trinajstić information content (AvgIpc) is 3.31. The lowest BCUT2D eigenvalue weighted by Gasteiger charge is -2.21. The molecule has 3 aromatic rings. The predicted molar refractivity (Wildman–Crippen MR) is 92.5 cm³/mol. The zero-order valence-electron chi connectivity index (χ0n) is 13.7. The predicted octanol–water partition coefficient (Wildman–Crippen LogP) is 3.70. The molecule has 0 saturated heterocycles. The summed E-state index contributed by atoms with van der Waals surface area (Å²) >= 11 is 0. The summed E-state index contributed by atoms with van der Waals surface area (Å²) in [6, 6.07) is 13.4. The van der Waals surface area contributed by atoms with E-state index in [-0.39, 0.29) is 11.9 Å². The first-order valence-electron chi connectivity index (χ1n) is 7.73. The van der Waals surface area contributed by atoms with Crippen molar-refractivity contribution in [1.82, 2.24) is 14.7 Å². The van der Waals surface area contributed by atoms with Gasteiger partial charge in [-0.2, -0.15) is 5.10 Å². The van der Waals surface area contributed by atoms with E-state index in [4.69, 9.17) is 4.42 Å². The van der Waals surface area contributed by atoms with E-state index in [1.165, 1.54) is 0 Å². The normalized spacial score (nSPS) is 12.4. The summed E-state index contributed by atoms with van der Waals surface area (Å²) in [4.78, 5) is 13.9. The van der Waals surface area contributed by atoms with Gasteiger partial charge in [-0.15, -0.1) is 0 Å². The molecule has 0 aliphatic heterocycles. The highest BCUT2D eigenvalue weighted by Crippen LogP contribution is 2.19. The molecule has 0 aliphatic carbocycles. The number of hydrogen-bond acceptors (Lipinski definition) is 3. The van der Waals surface area contributed by atoms with E-state index in [0.29, 0.717) is 0 Å². The molecule has 0 aliphatic rings. The van der Waals surface area contributed by atoms with Gasteiger partial charge in [0.1, 0.15) is 5.76 Å². The van der Waals surface area contributed by atoms with Crippen LogP contribution in [0, 0.1) is 0 Å². The fraction of sp³-hybridized carbons (Fsp3) is 0.158. The Morgan fingerprint density at radius 1 is 1.25 bits per heavy atom. The van der Waals surface area contributed by atoms with Crippen molar-refractivity contribution in [2.75, 3.05) is 7.05 Å². The fourth-order valence-corrected chi connectivity index (χ4v) is 2.34. The molecule has 0 spiro atoms. The highest BCUT2D eigenvalue weighted by atomic mass is 16.3. The fourth-order valence-electron chi connectivity index (χ4n) is 2.34. The Bertz CT molecular complexity index is 819. The Morgan fingerprint density at radius 3 is 2.75 bits per heavy atom. The van der Waals surface area contributed by atoms with Crippen molar-refractivity contribution in [3.8, 4) is 5.69 Å². The van der Waals surface area contributed by atoms with Crippen molar-refractivity contribution in [2.24, 2.45) is 0 Å². The maximum absolute atomic E-state index is 12.3. The Hall–Kier alpha value is -3.08. The number of aromatic nitrogens is 2. The number of rotatable bonds is 5. The number of carbonyl (C=O) groups excluding carboxylic acids is 1. The SMILES string of the molecule is CC(c1ccco1)N(C)C(=O)/C=C/c1cnn(-c2ccccc2)c1. The maximum atomic E-state index is 12.3. The molecule has 3 rings (SSSR count). The molecular formula is C19H19N3O2. The first kappa shape index (κ1) is 15.8. The molecule has 5 heteroatoms. The zero-order valence-corrected chi connectivity index (χ0v) is 13.7. The molecular weight excluding hydrogens is 302 g/mol. The van der Waals surface area contributed by atoms with E-state index in [2.05, 4.69) is 5.10 Å². The second kappa shape index (κ2) is 7.00. The van der Waals surface area contributed by atoms with Gasteiger partial charge in [0.15, 0.2) is 0 Å². The van der Waals surface area contributed by atoms with Gasteiger partial charge in [-0.1, -0.05) is 18.2 Å². The van der Waals surface area contributed by atoms with Crippen LogP contribution in [0.4, 0.5) is 0 Å². The minimum absolute atomic E-state index is 0.0913. The Kier molecular flexibility index (Phi) is 4.61. The third-order valence-electron chi connectivity index (χ3n) is 3.93. The molecule has 1 unspecified atom stereocenters. The number of amides is 1. The lowest BCUT2D eigenvalue weighted by atomic mass is 10.2. The van der Waals surface area contributed by atoms with Gasteiger partial charge in [0.25, 0.3) is 0 Å². The van der Waals surface area contributed by atoms with Gasteiger partial charge < -0.3 is 9.32 Å². The quantitative estimate of drug-likeness (QED) is 0.673. The molecule has 1 amide bonds. The van der Waals surface area contributed by atoms with Gasteiger partial charge in [0.05, 0.1) is 24.2 Å². The molecule has 24 heavy (non-hydrogen) atoms. The minimum atomic E-state index is -0.121. The molecule has 0 N–H and O–H groups in total. The van der Waals surface area contributed by atoms with E-state index in [9.17, 15) is 4.79 Å². The van der Waals surface area contributed by atoms with Gasteiger partial charge >= 0.3 is 0 Å². The average molecular weight is 321 g/mol. The number of nitrogens with zero attached hydrogens (tertiary/aromatic N) is 3. The molecule has 0 radical (unpaired) electrons. The Morgan fingerprint density at radius 2 is 2.04 bits per heavy atom. The third kappa shape index (κ3) is 3.46. The lowest BCUT2D eigenvalue weighted by molar-refractivity contribution is -0.126. The lowest BCUT2D eigenvalue weighted by Crippen LogP contribution is -2.27. The van der Waals surface area contributed by atoms with Crippen LogP contribution >= 0.6 is 0 Å². The summed E-state index contributed by atoms with van der Waals surface area (Å²) < 4.78 is 7.13. The molecule has 0 fully saturated rings. The summed E-state index contributed by atoms with van der Waals surface area (Å²) in [7, 11) is 1.76. The smallest absolute Gasteiger partial charge is 0.246 e. The van der Waals surface area contributed by atoms with E-state index < -0.39 is 0 Å². The van der Waals surface area contributed by atoms with Crippen molar-refractivity contribution in [3.63, 3.8) is 0 Å². The van der Waals surface area contributed by atoms with Crippen molar-refractivity contribution in [2.45, 2.75) is 13.0 Å². The molecule has 0 bridgehead atoms. The summed E-state index contributed by atoms with van der Waals surface area (Å²) in [6.07, 6.45) is 8.53. The zero-order chi connectivity index (χ0) is 16.9. The monoisotopic (exact) mass is 321 g/mol. The van der Waals surface area contributed by atoms with Gasteiger partial charge in [0, 0.05) is 24.9 Å². The standard InChI is InChI=1S/C19H19N3O2/c1-15(18-9-6-12-24-18)21(2)19(23)11-10-16-13-20-22(14-16)17-7-4-3-5-8-17/h3-15H,1-2H3/b11-10+. The van der Waals surface area contributed by atoms with Gasteiger partial charge in [-0.05, 0) is 37.3 Å². The van der Waals surface area contributed by atoms with Crippen molar-refractivity contribution in [3.05, 3.63) is 78.5 Å². The topological polar surface area (TPSA) is 51.3 Å². The third-order valence-corrected chi connectivity index (χ3v) is 3.93. The van der Waals surface area contributed by atoms with Crippen LogP contribution in [-0.4, -0.2) is 27.6 Å². The maximum Gasteiger partial charge on any atom is 0.246 e. The molecule has 1 atom stereocenters. The highest BCUT2D eigenvalue weighted by molar-refractivity contribution is 5.91. The number of para-hydroxylation sites is 1. The van der Waals surface area contributed by atoms with Crippen LogP contribution < -0.4 is 0 Å². The molecule has 1 aromatic carbocycles. The van der Waals surface area contributed by atoms with Crippen LogP contribution in [0.15, 0.2) is 71.6 Å². The van der Waals surface area contributed by atoms with Crippen LogP contribution in [0.5, 0.6) is 0 Å². The molecule has 2 heterocycles. The minimum Gasteiger partial charge on any atom is -0.467 e. The van der Waals surface area contributed by atoms with Crippen molar-refractivity contribution < 1.29 is 9.21 Å². The number of likely N-dealkylation sites (N-methyl/N-ethyl adjacent to an activating group) is 1. The van der Waals surface area contributed by atoms with E-state index in [1.807, 2.05) is 55.6 Å². The highest BCUT2D eigenvalue weighted by Gasteiger charge is 2.17. The Balaban J connectivity index is 1.67. The van der Waals surface area contributed by atoms with E-state index in [0.717, 1.165) is 17.0 Å². The second-order valence-corrected chi connectivity index (χ2v) is 5.53. The summed E-state index contributed by atoms with van der Waals surface area (Å²) in [6.45, 7) is 1.93. The second-order valence-electron chi connectivity index (χ2n) is 5.53. The van der Waals surface area contributed by atoms with E-state index in [1.54, 1.807) is 41.2 Å². The summed E-state index contributed by atoms with van der Waals surface area (Å²) in [5, 5.41) is 4.31.